The molecule has 0 unspecified atom stereocenters. The zero-order chi connectivity index (χ0) is 28.9. The second-order valence-electron chi connectivity index (χ2n) is 8.43. The second-order valence-corrected chi connectivity index (χ2v) is 13.5. The number of phenols is 1. The van der Waals surface area contributed by atoms with E-state index in [1.54, 1.807) is 4.98 Å². The molecule has 0 radical (unpaired) electrons. The Morgan fingerprint density at radius 3 is 2.33 bits per heavy atom. The zero-order valence-corrected chi connectivity index (χ0v) is 22.8. The number of halogens is 4. The number of aromatic hydroxyl groups is 1. The molecule has 1 aromatic heterocycles. The molecule has 1 fully saturated rings. The smallest absolute Gasteiger partial charge is 0.349 e. The molecule has 1 aliphatic rings. The molecular formula is C21H18Cl2F2N4O8S2. The van der Waals surface area contributed by atoms with E-state index in [0.29, 0.717) is 4.68 Å². The van der Waals surface area contributed by atoms with E-state index in [1.807, 2.05) is 0 Å². The minimum atomic E-state index is -4.32. The molecule has 18 heteroatoms. The summed E-state index contributed by atoms with van der Waals surface area (Å²) in [5.74, 6) is -0.974. The Kier molecular flexibility index (Phi) is 7.79. The molecule has 3 aromatic rings. The van der Waals surface area contributed by atoms with Gasteiger partial charge in [-0.2, -0.15) is 14.1 Å². The molecule has 2 heterocycles. The largest absolute Gasteiger partial charge is 0.507 e. The van der Waals surface area contributed by atoms with Gasteiger partial charge in [0.05, 0.1) is 21.0 Å². The minimum Gasteiger partial charge on any atom is -0.507 e. The van der Waals surface area contributed by atoms with Gasteiger partial charge in [0.2, 0.25) is 10.0 Å². The standard InChI is InChI=1S/C21H18Cl2F2N4O8S2/c1-38(33,34)12-4-5-28(9-12)39(35,36)16-8-11(2-3-15(16)30)37-18-13(22)6-10(7-14(18)23)29-21(32)26-20(31)17(27-29)19(24)25/h2-3,6-8,12,19,30H,4-5,9H2,1H3,(H,26,31,32)/t12-/m0/s1. The first kappa shape index (κ1) is 28.9. The SMILES string of the molecule is CS(=O)(=O)[C@H]1CCN(S(=O)(=O)c2cc(Oc3c(Cl)cc(-n4nc(C(F)F)c(=O)[nH]c4=O)cc3Cl)ccc2O)C1. The Morgan fingerprint density at radius 2 is 1.77 bits per heavy atom. The summed E-state index contributed by atoms with van der Waals surface area (Å²) in [5.41, 5.74) is -3.90. The third kappa shape index (κ3) is 5.79. The summed E-state index contributed by atoms with van der Waals surface area (Å²) in [6.45, 7) is -0.356. The third-order valence-corrected chi connectivity index (χ3v) is 9.82. The third-order valence-electron chi connectivity index (χ3n) is 5.77. The fourth-order valence-corrected chi connectivity index (χ4v) is 7.01. The summed E-state index contributed by atoms with van der Waals surface area (Å²) in [4.78, 5) is 24.8. The van der Waals surface area contributed by atoms with E-state index in [4.69, 9.17) is 27.9 Å². The Labute approximate surface area is 229 Å². The monoisotopic (exact) mass is 626 g/mol. The van der Waals surface area contributed by atoms with Gasteiger partial charge in [-0.3, -0.25) is 9.78 Å². The van der Waals surface area contributed by atoms with Crippen LogP contribution in [0.15, 0.2) is 44.8 Å². The van der Waals surface area contributed by atoms with E-state index in [0.717, 1.165) is 34.8 Å². The van der Waals surface area contributed by atoms with Crippen molar-refractivity contribution in [2.45, 2.75) is 23.0 Å². The fourth-order valence-electron chi connectivity index (χ4n) is 3.78. The van der Waals surface area contributed by atoms with Crippen LogP contribution >= 0.6 is 23.2 Å². The van der Waals surface area contributed by atoms with Crippen molar-refractivity contribution in [3.8, 4) is 22.9 Å². The number of benzene rings is 2. The van der Waals surface area contributed by atoms with E-state index in [1.165, 1.54) is 6.07 Å². The molecule has 1 aliphatic heterocycles. The lowest BCUT2D eigenvalue weighted by Crippen LogP contribution is -2.34. The Bertz CT molecular complexity index is 1770. The van der Waals surface area contributed by atoms with Gasteiger partial charge in [0.1, 0.15) is 16.4 Å². The zero-order valence-electron chi connectivity index (χ0n) is 19.6. The summed E-state index contributed by atoms with van der Waals surface area (Å²) < 4.78 is 83.1. The molecule has 0 bridgehead atoms. The first-order valence-corrected chi connectivity index (χ1v) is 15.0. The van der Waals surface area contributed by atoms with Gasteiger partial charge in [-0.05, 0) is 30.7 Å². The predicted octanol–water partition coefficient (Wildman–Crippen LogP) is 2.47. The van der Waals surface area contributed by atoms with Gasteiger partial charge in [0.15, 0.2) is 21.3 Å². The quantitative estimate of drug-likeness (QED) is 0.400. The predicted molar refractivity (Wildman–Crippen MR) is 136 cm³/mol. The molecule has 2 N–H and O–H groups in total. The van der Waals surface area contributed by atoms with Crippen molar-refractivity contribution < 1.29 is 35.5 Å². The summed E-state index contributed by atoms with van der Waals surface area (Å²) in [7, 11) is -7.81. The Morgan fingerprint density at radius 1 is 1.13 bits per heavy atom. The molecule has 12 nitrogen and oxygen atoms in total. The molecule has 0 aliphatic carbocycles. The maximum atomic E-state index is 13.1. The molecule has 39 heavy (non-hydrogen) atoms. The maximum Gasteiger partial charge on any atom is 0.349 e. The molecule has 210 valence electrons. The number of aromatic amines is 1. The van der Waals surface area contributed by atoms with Gasteiger partial charge in [-0.25, -0.2) is 30.4 Å². The first-order valence-electron chi connectivity index (χ1n) is 10.8. The highest BCUT2D eigenvalue weighted by Crippen LogP contribution is 2.40. The van der Waals surface area contributed by atoms with Crippen molar-refractivity contribution in [2.24, 2.45) is 0 Å². The number of sulfonamides is 1. The number of alkyl halides is 2. The lowest BCUT2D eigenvalue weighted by Gasteiger charge is -2.18. The number of aromatic nitrogens is 3. The van der Waals surface area contributed by atoms with Crippen LogP contribution in [0.2, 0.25) is 10.0 Å². The molecule has 4 rings (SSSR count). The van der Waals surface area contributed by atoms with E-state index >= 15 is 0 Å². The number of hydrogen-bond donors (Lipinski definition) is 2. The highest BCUT2D eigenvalue weighted by atomic mass is 35.5. The van der Waals surface area contributed by atoms with Gasteiger partial charge in [0.25, 0.3) is 12.0 Å². The van der Waals surface area contributed by atoms with Crippen LogP contribution in [0.5, 0.6) is 17.2 Å². The van der Waals surface area contributed by atoms with Crippen molar-refractivity contribution in [3.63, 3.8) is 0 Å². The van der Waals surface area contributed by atoms with Crippen LogP contribution in [0, 0.1) is 0 Å². The van der Waals surface area contributed by atoms with Gasteiger partial charge in [-0.15, -0.1) is 0 Å². The number of nitrogens with zero attached hydrogens (tertiary/aromatic N) is 3. The molecular weight excluding hydrogens is 609 g/mol. The summed E-state index contributed by atoms with van der Waals surface area (Å²) in [5, 5.41) is 12.2. The molecule has 2 aromatic carbocycles. The van der Waals surface area contributed by atoms with Gasteiger partial charge in [-0.1, -0.05) is 23.2 Å². The van der Waals surface area contributed by atoms with Gasteiger partial charge in [0, 0.05) is 25.4 Å². The summed E-state index contributed by atoms with van der Waals surface area (Å²) in [6, 6.07) is 5.40. The van der Waals surface area contributed by atoms with Crippen LogP contribution < -0.4 is 16.0 Å². The maximum absolute atomic E-state index is 13.1. The Balaban J connectivity index is 1.67. The number of nitrogens with one attached hydrogen (secondary N) is 1. The first-order chi connectivity index (χ1) is 18.1. The molecule has 0 amide bonds. The number of ether oxygens (including phenoxy) is 1. The van der Waals surface area contributed by atoms with Crippen LogP contribution in [0.1, 0.15) is 18.5 Å². The van der Waals surface area contributed by atoms with E-state index < -0.39 is 59.1 Å². The number of sulfone groups is 1. The fraction of sp³-hybridized carbons (Fsp3) is 0.286. The van der Waals surface area contributed by atoms with E-state index in [-0.39, 0.29) is 46.7 Å². The average molecular weight is 627 g/mol. The number of H-pyrrole nitrogens is 1. The van der Waals surface area contributed by atoms with Gasteiger partial charge < -0.3 is 9.84 Å². The van der Waals surface area contributed by atoms with Crippen molar-refractivity contribution in [1.82, 2.24) is 19.1 Å². The summed E-state index contributed by atoms with van der Waals surface area (Å²) in [6.07, 6.45) is -2.16. The highest BCUT2D eigenvalue weighted by Gasteiger charge is 2.38. The van der Waals surface area contributed by atoms with Crippen LogP contribution in [-0.4, -0.2) is 65.6 Å². The number of hydrogen-bond acceptors (Lipinski definition) is 9. The number of rotatable bonds is 7. The lowest BCUT2D eigenvalue weighted by molar-refractivity contribution is 0.141. The lowest BCUT2D eigenvalue weighted by atomic mass is 10.3. The van der Waals surface area contributed by atoms with E-state index in [2.05, 4.69) is 5.10 Å². The van der Waals surface area contributed by atoms with Crippen molar-refractivity contribution in [3.05, 3.63) is 66.9 Å². The van der Waals surface area contributed by atoms with Crippen molar-refractivity contribution in [2.75, 3.05) is 19.3 Å². The average Bonchev–Trinajstić information content (AvgIpc) is 3.34. The molecule has 1 saturated heterocycles. The minimum absolute atomic E-state index is 0.0743. The Hall–Kier alpha value is -3.05. The summed E-state index contributed by atoms with van der Waals surface area (Å²) >= 11 is 12.5. The molecule has 0 spiro atoms. The van der Waals surface area contributed by atoms with Crippen LogP contribution in [0.4, 0.5) is 8.78 Å². The highest BCUT2D eigenvalue weighted by molar-refractivity contribution is 7.91. The van der Waals surface area contributed by atoms with Crippen LogP contribution in [-0.2, 0) is 19.9 Å². The topological polar surface area (TPSA) is 169 Å². The molecule has 1 atom stereocenters. The normalized spacial score (nSPS) is 16.6. The van der Waals surface area contributed by atoms with Crippen LogP contribution in [0.3, 0.4) is 0 Å². The van der Waals surface area contributed by atoms with Gasteiger partial charge >= 0.3 is 5.69 Å². The number of phenolic OH excluding ortho intramolecular Hbond substituents is 1. The van der Waals surface area contributed by atoms with Crippen molar-refractivity contribution in [1.29, 1.82) is 0 Å². The van der Waals surface area contributed by atoms with Crippen molar-refractivity contribution >= 4 is 43.1 Å². The molecule has 0 saturated carbocycles. The van der Waals surface area contributed by atoms with Crippen LogP contribution in [0.25, 0.3) is 5.69 Å². The van der Waals surface area contributed by atoms with E-state index in [9.17, 15) is 40.3 Å². The second kappa shape index (κ2) is 10.5.